The number of rotatable bonds is 7. The fourth-order valence-electron chi connectivity index (χ4n) is 9.30. The van der Waals surface area contributed by atoms with Crippen molar-refractivity contribution in [2.45, 2.75) is 103 Å². The summed E-state index contributed by atoms with van der Waals surface area (Å²) in [5, 5.41) is 52.0. The Labute approximate surface area is 194 Å². The SMILES string of the molecule is CC(CCCC(CO)CO)C1CCC2C3C(O)CC4CC(O)CC[C@]4(C)C3CC(O)C12C. The number of fused-ring (bicyclic) bond motifs is 5. The largest absolute Gasteiger partial charge is 0.396 e. The van der Waals surface area contributed by atoms with Gasteiger partial charge < -0.3 is 25.5 Å². The summed E-state index contributed by atoms with van der Waals surface area (Å²) < 4.78 is 0. The van der Waals surface area contributed by atoms with Crippen LogP contribution < -0.4 is 0 Å². The lowest BCUT2D eigenvalue weighted by Crippen LogP contribution is -2.62. The summed E-state index contributed by atoms with van der Waals surface area (Å²) >= 11 is 0. The fraction of sp³-hybridized carbons (Fsp3) is 1.00. The molecule has 0 aromatic carbocycles. The Hall–Kier alpha value is -0.200. The van der Waals surface area contributed by atoms with Crippen molar-refractivity contribution in [1.82, 2.24) is 0 Å². The molecule has 4 aliphatic carbocycles. The first-order chi connectivity index (χ1) is 15.2. The van der Waals surface area contributed by atoms with Gasteiger partial charge in [0.15, 0.2) is 0 Å². The second-order valence-electron chi connectivity index (χ2n) is 12.7. The lowest BCUT2D eigenvalue weighted by atomic mass is 9.43. The van der Waals surface area contributed by atoms with E-state index in [1.807, 2.05) is 0 Å². The van der Waals surface area contributed by atoms with E-state index in [0.717, 1.165) is 64.2 Å². The van der Waals surface area contributed by atoms with Gasteiger partial charge in [-0.15, -0.1) is 0 Å². The minimum absolute atomic E-state index is 0.0183. The second kappa shape index (κ2) is 9.45. The Morgan fingerprint density at radius 1 is 0.875 bits per heavy atom. The lowest BCUT2D eigenvalue weighted by molar-refractivity contribution is -0.207. The maximum Gasteiger partial charge on any atom is 0.0602 e. The fourth-order valence-corrected chi connectivity index (χ4v) is 9.30. The highest BCUT2D eigenvalue weighted by Gasteiger charge is 2.65. The molecule has 4 fully saturated rings. The zero-order valence-corrected chi connectivity index (χ0v) is 20.5. The molecule has 11 atom stereocenters. The van der Waals surface area contributed by atoms with Crippen molar-refractivity contribution in [1.29, 1.82) is 0 Å². The second-order valence-corrected chi connectivity index (χ2v) is 12.7. The van der Waals surface area contributed by atoms with Crippen LogP contribution in [0, 0.1) is 52.3 Å². The molecular weight excluding hydrogens is 404 g/mol. The van der Waals surface area contributed by atoms with Gasteiger partial charge in [0.2, 0.25) is 0 Å². The highest BCUT2D eigenvalue weighted by Crippen LogP contribution is 2.68. The minimum Gasteiger partial charge on any atom is -0.396 e. The molecule has 10 unspecified atom stereocenters. The molecule has 0 saturated heterocycles. The van der Waals surface area contributed by atoms with Crippen LogP contribution >= 0.6 is 0 Å². The monoisotopic (exact) mass is 452 g/mol. The number of aliphatic hydroxyl groups excluding tert-OH is 5. The summed E-state index contributed by atoms with van der Waals surface area (Å²) in [7, 11) is 0. The van der Waals surface area contributed by atoms with E-state index in [-0.39, 0.29) is 54.2 Å². The van der Waals surface area contributed by atoms with Gasteiger partial charge in [-0.05, 0) is 97.7 Å². The van der Waals surface area contributed by atoms with Crippen LogP contribution in [-0.2, 0) is 0 Å². The highest BCUT2D eigenvalue weighted by atomic mass is 16.3. The summed E-state index contributed by atoms with van der Waals surface area (Å²) in [5.74, 6) is 2.27. The van der Waals surface area contributed by atoms with E-state index in [1.165, 1.54) is 0 Å². The molecule has 4 aliphatic rings. The third kappa shape index (κ3) is 3.98. The van der Waals surface area contributed by atoms with Crippen molar-refractivity contribution in [3.05, 3.63) is 0 Å². The molecule has 5 heteroatoms. The molecular formula is C27H48O5. The van der Waals surface area contributed by atoms with Crippen molar-refractivity contribution in [3.63, 3.8) is 0 Å². The quantitative estimate of drug-likeness (QED) is 0.408. The highest BCUT2D eigenvalue weighted by molar-refractivity contribution is 5.14. The summed E-state index contributed by atoms with van der Waals surface area (Å²) in [5.41, 5.74) is -0.0228. The Bertz CT molecular complexity index is 638. The Kier molecular flexibility index (Phi) is 7.36. The zero-order valence-electron chi connectivity index (χ0n) is 20.5. The van der Waals surface area contributed by atoms with Gasteiger partial charge >= 0.3 is 0 Å². The first kappa shape index (κ1) is 24.9. The third-order valence-electron chi connectivity index (χ3n) is 11.3. The van der Waals surface area contributed by atoms with Crippen LogP contribution in [0.1, 0.15) is 85.0 Å². The van der Waals surface area contributed by atoms with Crippen molar-refractivity contribution in [2.75, 3.05) is 13.2 Å². The first-order valence-corrected chi connectivity index (χ1v) is 13.4. The van der Waals surface area contributed by atoms with E-state index in [2.05, 4.69) is 20.8 Å². The smallest absolute Gasteiger partial charge is 0.0602 e. The van der Waals surface area contributed by atoms with Crippen LogP contribution in [0.5, 0.6) is 0 Å². The molecule has 0 amide bonds. The Balaban J connectivity index is 1.50. The van der Waals surface area contributed by atoms with Gasteiger partial charge in [-0.25, -0.2) is 0 Å². The molecule has 5 nitrogen and oxygen atoms in total. The summed E-state index contributed by atoms with van der Waals surface area (Å²) in [6.07, 6.45) is 8.51. The summed E-state index contributed by atoms with van der Waals surface area (Å²) in [4.78, 5) is 0. The molecule has 0 heterocycles. The van der Waals surface area contributed by atoms with Gasteiger partial charge in [-0.3, -0.25) is 0 Å². The number of hydrogen-bond donors (Lipinski definition) is 5. The molecule has 5 N–H and O–H groups in total. The van der Waals surface area contributed by atoms with Gasteiger partial charge in [-0.2, -0.15) is 0 Å². The predicted molar refractivity (Wildman–Crippen MR) is 125 cm³/mol. The van der Waals surface area contributed by atoms with Crippen LogP contribution in [-0.4, -0.2) is 57.1 Å². The van der Waals surface area contributed by atoms with Crippen LogP contribution in [0.25, 0.3) is 0 Å². The molecule has 0 aromatic heterocycles. The average molecular weight is 453 g/mol. The molecule has 0 spiro atoms. The van der Waals surface area contributed by atoms with Crippen LogP contribution in [0.3, 0.4) is 0 Å². The molecule has 0 aromatic rings. The van der Waals surface area contributed by atoms with E-state index >= 15 is 0 Å². The minimum atomic E-state index is -0.332. The Morgan fingerprint density at radius 2 is 1.59 bits per heavy atom. The topological polar surface area (TPSA) is 101 Å². The standard InChI is InChI=1S/C27H48O5/c1-16(5-4-6-17(14-28)15-29)20-7-8-21-25-22(13-24(32)27(20,21)3)26(2)10-9-19(30)11-18(26)12-23(25)31/h16-25,28-32H,4-15H2,1-3H3/t16?,18?,19?,20?,21?,22?,23?,24?,25?,26-,27?/m0/s1. The molecule has 186 valence electrons. The van der Waals surface area contributed by atoms with Crippen LogP contribution in [0.4, 0.5) is 0 Å². The summed E-state index contributed by atoms with van der Waals surface area (Å²) in [6, 6.07) is 0. The van der Waals surface area contributed by atoms with E-state index in [9.17, 15) is 25.5 Å². The van der Waals surface area contributed by atoms with Gasteiger partial charge in [0, 0.05) is 19.1 Å². The molecule has 32 heavy (non-hydrogen) atoms. The van der Waals surface area contributed by atoms with Crippen molar-refractivity contribution < 1.29 is 25.5 Å². The Morgan fingerprint density at radius 3 is 2.28 bits per heavy atom. The normalized spacial score (nSPS) is 49.4. The number of hydrogen-bond acceptors (Lipinski definition) is 5. The van der Waals surface area contributed by atoms with Crippen LogP contribution in [0.2, 0.25) is 0 Å². The molecule has 0 radical (unpaired) electrons. The van der Waals surface area contributed by atoms with E-state index in [1.54, 1.807) is 0 Å². The summed E-state index contributed by atoms with van der Waals surface area (Å²) in [6.45, 7) is 7.11. The van der Waals surface area contributed by atoms with Gasteiger partial charge in [0.25, 0.3) is 0 Å². The van der Waals surface area contributed by atoms with Crippen molar-refractivity contribution >= 4 is 0 Å². The molecule has 0 bridgehead atoms. The molecule has 0 aliphatic heterocycles. The lowest BCUT2D eigenvalue weighted by Gasteiger charge is -2.63. The van der Waals surface area contributed by atoms with Gasteiger partial charge in [-0.1, -0.05) is 33.6 Å². The molecule has 4 rings (SSSR count). The zero-order chi connectivity index (χ0) is 23.3. The predicted octanol–water partition coefficient (Wildman–Crippen LogP) is 3.36. The van der Waals surface area contributed by atoms with Crippen molar-refractivity contribution in [2.24, 2.45) is 52.3 Å². The van der Waals surface area contributed by atoms with Crippen molar-refractivity contribution in [3.8, 4) is 0 Å². The van der Waals surface area contributed by atoms with E-state index in [4.69, 9.17) is 0 Å². The maximum absolute atomic E-state index is 11.6. The van der Waals surface area contributed by atoms with E-state index < -0.39 is 0 Å². The maximum atomic E-state index is 11.6. The molecule has 4 saturated carbocycles. The van der Waals surface area contributed by atoms with E-state index in [0.29, 0.717) is 29.6 Å². The average Bonchev–Trinajstić information content (AvgIpc) is 3.12. The van der Waals surface area contributed by atoms with Gasteiger partial charge in [0.05, 0.1) is 18.3 Å². The third-order valence-corrected chi connectivity index (χ3v) is 11.3. The van der Waals surface area contributed by atoms with Crippen LogP contribution in [0.15, 0.2) is 0 Å². The first-order valence-electron chi connectivity index (χ1n) is 13.4. The van der Waals surface area contributed by atoms with Gasteiger partial charge in [0.1, 0.15) is 0 Å². The number of aliphatic hydroxyl groups is 5.